The molecule has 0 aromatic carbocycles. The van der Waals surface area contributed by atoms with Crippen LogP contribution in [0, 0.1) is 0 Å². The van der Waals surface area contributed by atoms with Gasteiger partial charge in [0.2, 0.25) is 0 Å². The van der Waals surface area contributed by atoms with Crippen molar-refractivity contribution in [2.75, 3.05) is 6.54 Å². The van der Waals surface area contributed by atoms with Crippen molar-refractivity contribution in [2.45, 2.75) is 70.3 Å². The Hall–Kier alpha value is -0.900. The molecule has 0 atom stereocenters. The zero-order valence-electron chi connectivity index (χ0n) is 11.4. The van der Waals surface area contributed by atoms with Gasteiger partial charge in [0.15, 0.2) is 0 Å². The Morgan fingerprint density at radius 1 is 1.11 bits per heavy atom. The molecule has 1 aromatic rings. The fraction of sp³-hybridized carbons (Fsp3) is 0.857. The molecule has 0 bridgehead atoms. The Balaban J connectivity index is 1.79. The third kappa shape index (κ3) is 3.80. The fourth-order valence-corrected chi connectivity index (χ4v) is 2.89. The van der Waals surface area contributed by atoms with Crippen molar-refractivity contribution in [1.82, 2.24) is 14.8 Å². The summed E-state index contributed by atoms with van der Waals surface area (Å²) in [5.74, 6) is 1.19. The quantitative estimate of drug-likeness (QED) is 0.757. The van der Waals surface area contributed by atoms with E-state index in [1.165, 1.54) is 57.2 Å². The van der Waals surface area contributed by atoms with Crippen molar-refractivity contribution in [3.63, 3.8) is 0 Å². The topological polar surface area (TPSA) is 56.7 Å². The third-order valence-corrected chi connectivity index (χ3v) is 3.97. The lowest BCUT2D eigenvalue weighted by Crippen LogP contribution is -2.14. The van der Waals surface area contributed by atoms with Crippen LogP contribution in [-0.4, -0.2) is 21.3 Å². The van der Waals surface area contributed by atoms with E-state index >= 15 is 0 Å². The lowest BCUT2D eigenvalue weighted by Gasteiger charge is -2.23. The van der Waals surface area contributed by atoms with Gasteiger partial charge in [0, 0.05) is 12.5 Å². The molecule has 1 aliphatic carbocycles. The van der Waals surface area contributed by atoms with Crippen molar-refractivity contribution in [2.24, 2.45) is 5.73 Å². The second-order valence-electron chi connectivity index (χ2n) is 5.40. The molecule has 0 saturated heterocycles. The minimum Gasteiger partial charge on any atom is -0.330 e. The van der Waals surface area contributed by atoms with Crippen molar-refractivity contribution < 1.29 is 0 Å². The van der Waals surface area contributed by atoms with Gasteiger partial charge in [-0.1, -0.05) is 32.1 Å². The molecule has 102 valence electrons. The number of unbranched alkanes of at least 4 members (excludes halogenated alkanes) is 3. The molecule has 1 heterocycles. The van der Waals surface area contributed by atoms with Crippen LogP contribution in [0.2, 0.25) is 0 Å². The summed E-state index contributed by atoms with van der Waals surface area (Å²) >= 11 is 0. The van der Waals surface area contributed by atoms with Gasteiger partial charge in [-0.15, -0.1) is 10.2 Å². The maximum absolute atomic E-state index is 5.50. The van der Waals surface area contributed by atoms with Crippen LogP contribution in [0.5, 0.6) is 0 Å². The molecule has 1 aromatic heterocycles. The molecule has 1 fully saturated rings. The number of rotatable bonds is 7. The molecule has 2 rings (SSSR count). The Kier molecular flexibility index (Phi) is 5.65. The van der Waals surface area contributed by atoms with Crippen LogP contribution in [-0.2, 0) is 6.42 Å². The van der Waals surface area contributed by atoms with E-state index in [0.29, 0.717) is 6.04 Å². The summed E-state index contributed by atoms with van der Waals surface area (Å²) in [6, 6.07) is 0.660. The Morgan fingerprint density at radius 3 is 2.67 bits per heavy atom. The van der Waals surface area contributed by atoms with E-state index < -0.39 is 0 Å². The van der Waals surface area contributed by atoms with E-state index in [9.17, 15) is 0 Å². The number of nitrogens with zero attached hydrogens (tertiary/aromatic N) is 3. The third-order valence-electron chi connectivity index (χ3n) is 3.97. The first kappa shape index (κ1) is 13.5. The number of hydrogen-bond acceptors (Lipinski definition) is 3. The summed E-state index contributed by atoms with van der Waals surface area (Å²) in [5, 5.41) is 8.40. The maximum atomic E-state index is 5.50. The summed E-state index contributed by atoms with van der Waals surface area (Å²) in [5.41, 5.74) is 5.50. The van der Waals surface area contributed by atoms with Gasteiger partial charge >= 0.3 is 0 Å². The highest BCUT2D eigenvalue weighted by molar-refractivity contribution is 4.90. The van der Waals surface area contributed by atoms with E-state index in [4.69, 9.17) is 5.73 Å². The molecule has 4 nitrogen and oxygen atoms in total. The first-order valence-electron chi connectivity index (χ1n) is 7.50. The lowest BCUT2D eigenvalue weighted by atomic mass is 9.95. The van der Waals surface area contributed by atoms with Crippen LogP contribution < -0.4 is 5.73 Å². The van der Waals surface area contributed by atoms with Crippen molar-refractivity contribution >= 4 is 0 Å². The molecule has 0 amide bonds. The number of hydrogen-bond donors (Lipinski definition) is 1. The zero-order chi connectivity index (χ0) is 12.6. The molecule has 0 unspecified atom stereocenters. The van der Waals surface area contributed by atoms with Crippen LogP contribution in [0.25, 0.3) is 0 Å². The molecule has 0 aliphatic heterocycles. The standard InChI is InChI=1S/C14H26N4/c15-11-7-2-1-6-10-14-17-16-12-18(14)13-8-4-3-5-9-13/h12-13H,1-11,15H2. The van der Waals surface area contributed by atoms with Crippen LogP contribution in [0.1, 0.15) is 69.7 Å². The predicted octanol–water partition coefficient (Wildman–Crippen LogP) is 2.84. The average molecular weight is 250 g/mol. The lowest BCUT2D eigenvalue weighted by molar-refractivity contribution is 0.344. The summed E-state index contributed by atoms with van der Waals surface area (Å²) in [4.78, 5) is 0. The minimum atomic E-state index is 0.660. The van der Waals surface area contributed by atoms with E-state index in [2.05, 4.69) is 14.8 Å². The van der Waals surface area contributed by atoms with Crippen molar-refractivity contribution in [3.05, 3.63) is 12.2 Å². The molecule has 1 aliphatic rings. The summed E-state index contributed by atoms with van der Waals surface area (Å²) in [6.07, 6.45) is 14.6. The molecule has 4 heteroatoms. The fourth-order valence-electron chi connectivity index (χ4n) is 2.89. The molecule has 2 N–H and O–H groups in total. The van der Waals surface area contributed by atoms with Gasteiger partial charge in [0.25, 0.3) is 0 Å². The number of aryl methyl sites for hydroxylation is 1. The normalized spacial score (nSPS) is 17.2. The number of aromatic nitrogens is 3. The SMILES string of the molecule is NCCCCCCc1nncn1C1CCCCC1. The summed E-state index contributed by atoms with van der Waals surface area (Å²) < 4.78 is 2.34. The van der Waals surface area contributed by atoms with Gasteiger partial charge in [0.05, 0.1) is 0 Å². The van der Waals surface area contributed by atoms with Crippen LogP contribution in [0.15, 0.2) is 6.33 Å². The summed E-state index contributed by atoms with van der Waals surface area (Å²) in [7, 11) is 0. The summed E-state index contributed by atoms with van der Waals surface area (Å²) in [6.45, 7) is 0.818. The number of nitrogens with two attached hydrogens (primary N) is 1. The maximum Gasteiger partial charge on any atom is 0.133 e. The van der Waals surface area contributed by atoms with Crippen LogP contribution in [0.4, 0.5) is 0 Å². The largest absolute Gasteiger partial charge is 0.330 e. The Labute approximate surface area is 110 Å². The van der Waals surface area contributed by atoms with Gasteiger partial charge < -0.3 is 10.3 Å². The Bertz CT molecular complexity index is 328. The van der Waals surface area contributed by atoms with Gasteiger partial charge in [-0.25, -0.2) is 0 Å². The smallest absolute Gasteiger partial charge is 0.133 e. The van der Waals surface area contributed by atoms with E-state index in [0.717, 1.165) is 19.4 Å². The molecular weight excluding hydrogens is 224 g/mol. The average Bonchev–Trinajstić information content (AvgIpc) is 2.88. The Morgan fingerprint density at radius 2 is 1.89 bits per heavy atom. The van der Waals surface area contributed by atoms with Crippen LogP contribution in [0.3, 0.4) is 0 Å². The highest BCUT2D eigenvalue weighted by atomic mass is 15.3. The van der Waals surface area contributed by atoms with Gasteiger partial charge in [0.1, 0.15) is 12.2 Å². The van der Waals surface area contributed by atoms with Gasteiger partial charge in [-0.3, -0.25) is 0 Å². The predicted molar refractivity (Wildman–Crippen MR) is 73.4 cm³/mol. The molecule has 1 saturated carbocycles. The second kappa shape index (κ2) is 7.52. The second-order valence-corrected chi connectivity index (χ2v) is 5.40. The van der Waals surface area contributed by atoms with Crippen molar-refractivity contribution in [3.8, 4) is 0 Å². The molecule has 18 heavy (non-hydrogen) atoms. The van der Waals surface area contributed by atoms with E-state index in [1.807, 2.05) is 6.33 Å². The monoisotopic (exact) mass is 250 g/mol. The highest BCUT2D eigenvalue weighted by Crippen LogP contribution is 2.28. The first-order valence-corrected chi connectivity index (χ1v) is 7.50. The van der Waals surface area contributed by atoms with Crippen molar-refractivity contribution in [1.29, 1.82) is 0 Å². The van der Waals surface area contributed by atoms with Gasteiger partial charge in [-0.05, 0) is 32.2 Å². The zero-order valence-corrected chi connectivity index (χ0v) is 11.4. The highest BCUT2D eigenvalue weighted by Gasteiger charge is 2.17. The molecule has 0 spiro atoms. The molecule has 0 radical (unpaired) electrons. The van der Waals surface area contributed by atoms with E-state index in [-0.39, 0.29) is 0 Å². The minimum absolute atomic E-state index is 0.660. The first-order chi connectivity index (χ1) is 8.92. The molecular formula is C14H26N4. The van der Waals surface area contributed by atoms with Gasteiger partial charge in [-0.2, -0.15) is 0 Å². The van der Waals surface area contributed by atoms with Crippen LogP contribution >= 0.6 is 0 Å². The van der Waals surface area contributed by atoms with E-state index in [1.54, 1.807) is 0 Å².